The van der Waals surface area contributed by atoms with E-state index in [0.717, 1.165) is 25.2 Å². The molecular formula is C11H21N2. The molecule has 1 aliphatic heterocycles. The van der Waals surface area contributed by atoms with Crippen LogP contribution in [0, 0.1) is 0 Å². The lowest BCUT2D eigenvalue weighted by Gasteiger charge is -2.35. The van der Waals surface area contributed by atoms with Gasteiger partial charge in [-0.05, 0) is 26.3 Å². The first-order chi connectivity index (χ1) is 6.38. The molecule has 2 rings (SSSR count). The molecule has 1 unspecified atom stereocenters. The van der Waals surface area contributed by atoms with E-state index in [1.807, 2.05) is 0 Å². The Labute approximate surface area is 81.7 Å². The van der Waals surface area contributed by atoms with E-state index in [-0.39, 0.29) is 0 Å². The number of nitrogens with zero attached hydrogens (tertiary/aromatic N) is 2. The minimum Gasteiger partial charge on any atom is -0.299 e. The molecule has 0 bridgehead atoms. The van der Waals surface area contributed by atoms with Crippen LogP contribution in [0.15, 0.2) is 0 Å². The van der Waals surface area contributed by atoms with E-state index in [1.54, 1.807) is 0 Å². The van der Waals surface area contributed by atoms with Crippen molar-refractivity contribution in [3.8, 4) is 0 Å². The van der Waals surface area contributed by atoms with Crippen molar-refractivity contribution in [2.45, 2.75) is 50.6 Å². The highest BCUT2D eigenvalue weighted by Gasteiger charge is 2.26. The lowest BCUT2D eigenvalue weighted by molar-refractivity contribution is 0.146. The topological polar surface area (TPSA) is 17.3 Å². The molecule has 0 aromatic rings. The molecule has 2 fully saturated rings. The fraction of sp³-hybridized carbons (Fsp3) is 1.00. The summed E-state index contributed by atoms with van der Waals surface area (Å²) >= 11 is 0. The van der Waals surface area contributed by atoms with Gasteiger partial charge in [-0.2, -0.15) is 0 Å². The Balaban J connectivity index is 1.83. The van der Waals surface area contributed by atoms with Gasteiger partial charge >= 0.3 is 0 Å². The van der Waals surface area contributed by atoms with Gasteiger partial charge in [0.1, 0.15) is 0 Å². The van der Waals surface area contributed by atoms with Crippen molar-refractivity contribution in [3.05, 3.63) is 0 Å². The molecule has 1 atom stereocenters. The number of likely N-dealkylation sites (N-methyl/N-ethyl adjacent to an activating group) is 1. The minimum atomic E-state index is 0.767. The maximum Gasteiger partial charge on any atom is 0.0290 e. The van der Waals surface area contributed by atoms with Crippen LogP contribution in [0.5, 0.6) is 0 Å². The van der Waals surface area contributed by atoms with Crippen LogP contribution >= 0.6 is 0 Å². The molecule has 0 aromatic carbocycles. The fourth-order valence-corrected chi connectivity index (χ4v) is 2.69. The van der Waals surface area contributed by atoms with Gasteiger partial charge in [-0.15, -0.1) is 0 Å². The molecule has 0 aromatic heterocycles. The second-order valence-electron chi connectivity index (χ2n) is 4.53. The molecule has 2 heteroatoms. The summed E-state index contributed by atoms with van der Waals surface area (Å²) < 4.78 is 0. The average Bonchev–Trinajstić information content (AvgIpc) is 2.71. The van der Waals surface area contributed by atoms with Crippen LogP contribution in [0.1, 0.15) is 38.5 Å². The average molecular weight is 181 g/mol. The molecule has 1 saturated carbocycles. The summed E-state index contributed by atoms with van der Waals surface area (Å²) in [5, 5.41) is 4.44. The summed E-state index contributed by atoms with van der Waals surface area (Å²) in [4.78, 5) is 2.61. The summed E-state index contributed by atoms with van der Waals surface area (Å²) in [5.74, 6) is 0. The van der Waals surface area contributed by atoms with Crippen LogP contribution in [0.25, 0.3) is 0 Å². The molecule has 2 nitrogen and oxygen atoms in total. The standard InChI is InChI=1S/C11H21N2/c1-13(11-7-8-12-9-11)10-5-3-2-4-6-10/h10-11H,2-9H2,1H3. The maximum absolute atomic E-state index is 4.44. The molecule has 1 heterocycles. The van der Waals surface area contributed by atoms with Gasteiger partial charge in [-0.1, -0.05) is 19.3 Å². The van der Waals surface area contributed by atoms with Crippen LogP contribution in [-0.2, 0) is 0 Å². The molecule has 13 heavy (non-hydrogen) atoms. The third-order valence-electron chi connectivity index (χ3n) is 3.69. The van der Waals surface area contributed by atoms with E-state index in [2.05, 4.69) is 17.3 Å². The van der Waals surface area contributed by atoms with Crippen LogP contribution in [-0.4, -0.2) is 37.1 Å². The lowest BCUT2D eigenvalue weighted by Crippen LogP contribution is -2.41. The van der Waals surface area contributed by atoms with E-state index >= 15 is 0 Å². The summed E-state index contributed by atoms with van der Waals surface area (Å²) in [6.45, 7) is 2.19. The van der Waals surface area contributed by atoms with Crippen LogP contribution < -0.4 is 5.32 Å². The van der Waals surface area contributed by atoms with E-state index < -0.39 is 0 Å². The van der Waals surface area contributed by atoms with Crippen molar-refractivity contribution < 1.29 is 0 Å². The zero-order chi connectivity index (χ0) is 9.10. The highest BCUT2D eigenvalue weighted by molar-refractivity contribution is 4.84. The predicted molar refractivity (Wildman–Crippen MR) is 54.9 cm³/mol. The Morgan fingerprint density at radius 3 is 2.38 bits per heavy atom. The van der Waals surface area contributed by atoms with Crippen LogP contribution in [0.4, 0.5) is 0 Å². The first-order valence-corrected chi connectivity index (χ1v) is 5.73. The molecule has 2 aliphatic rings. The SMILES string of the molecule is CN(C1CCCCC1)C1CC[N]C1. The Morgan fingerprint density at radius 2 is 1.77 bits per heavy atom. The lowest BCUT2D eigenvalue weighted by atomic mass is 9.93. The summed E-state index contributed by atoms with van der Waals surface area (Å²) in [7, 11) is 2.31. The second-order valence-corrected chi connectivity index (χ2v) is 4.53. The number of hydrogen-bond acceptors (Lipinski definition) is 1. The number of rotatable bonds is 2. The Bertz CT molecular complexity index is 146. The first kappa shape index (κ1) is 9.47. The second kappa shape index (κ2) is 4.43. The molecule has 0 spiro atoms. The van der Waals surface area contributed by atoms with Crippen molar-refractivity contribution in [1.29, 1.82) is 0 Å². The molecular weight excluding hydrogens is 160 g/mol. The Kier molecular flexibility index (Phi) is 3.23. The normalized spacial score (nSPS) is 31.4. The Morgan fingerprint density at radius 1 is 1.00 bits per heavy atom. The molecule has 0 amide bonds. The van der Waals surface area contributed by atoms with Crippen molar-refractivity contribution in [2.24, 2.45) is 0 Å². The van der Waals surface area contributed by atoms with E-state index in [4.69, 9.17) is 0 Å². The fourth-order valence-electron chi connectivity index (χ4n) is 2.69. The summed E-state index contributed by atoms with van der Waals surface area (Å²) in [6.07, 6.45) is 8.49. The monoisotopic (exact) mass is 181 g/mol. The third kappa shape index (κ3) is 2.23. The van der Waals surface area contributed by atoms with Crippen LogP contribution in [0.3, 0.4) is 0 Å². The molecule has 1 radical (unpaired) electrons. The molecule has 75 valence electrons. The molecule has 1 saturated heterocycles. The van der Waals surface area contributed by atoms with Gasteiger partial charge in [0.15, 0.2) is 0 Å². The maximum atomic E-state index is 4.44. The first-order valence-electron chi connectivity index (χ1n) is 5.73. The van der Waals surface area contributed by atoms with Crippen molar-refractivity contribution in [3.63, 3.8) is 0 Å². The molecule has 1 aliphatic carbocycles. The predicted octanol–water partition coefficient (Wildman–Crippen LogP) is 1.63. The smallest absolute Gasteiger partial charge is 0.0290 e. The quantitative estimate of drug-likeness (QED) is 0.633. The highest BCUT2D eigenvalue weighted by atomic mass is 15.2. The largest absolute Gasteiger partial charge is 0.299 e. The van der Waals surface area contributed by atoms with Gasteiger partial charge < -0.3 is 0 Å². The molecule has 0 N–H and O–H groups in total. The van der Waals surface area contributed by atoms with E-state index in [0.29, 0.717) is 0 Å². The van der Waals surface area contributed by atoms with Crippen molar-refractivity contribution in [2.75, 3.05) is 20.1 Å². The van der Waals surface area contributed by atoms with Gasteiger partial charge in [0, 0.05) is 25.2 Å². The Hall–Kier alpha value is -0.0800. The zero-order valence-corrected chi connectivity index (χ0v) is 8.71. The number of hydrogen-bond donors (Lipinski definition) is 0. The van der Waals surface area contributed by atoms with Crippen molar-refractivity contribution in [1.82, 2.24) is 10.2 Å². The van der Waals surface area contributed by atoms with E-state index in [9.17, 15) is 0 Å². The van der Waals surface area contributed by atoms with Crippen LogP contribution in [0.2, 0.25) is 0 Å². The van der Waals surface area contributed by atoms with Gasteiger partial charge in [0.2, 0.25) is 0 Å². The van der Waals surface area contributed by atoms with Gasteiger partial charge in [-0.3, -0.25) is 4.90 Å². The third-order valence-corrected chi connectivity index (χ3v) is 3.69. The highest BCUT2D eigenvalue weighted by Crippen LogP contribution is 2.24. The summed E-state index contributed by atoms with van der Waals surface area (Å²) in [6, 6.07) is 1.63. The van der Waals surface area contributed by atoms with Gasteiger partial charge in [-0.25, -0.2) is 5.32 Å². The van der Waals surface area contributed by atoms with Gasteiger partial charge in [0.25, 0.3) is 0 Å². The van der Waals surface area contributed by atoms with E-state index in [1.165, 1.54) is 38.5 Å². The minimum absolute atomic E-state index is 0.767. The van der Waals surface area contributed by atoms with Crippen molar-refractivity contribution >= 4 is 0 Å². The van der Waals surface area contributed by atoms with Gasteiger partial charge in [0.05, 0.1) is 0 Å². The summed E-state index contributed by atoms with van der Waals surface area (Å²) in [5.41, 5.74) is 0. The zero-order valence-electron chi connectivity index (χ0n) is 8.71.